The minimum absolute atomic E-state index is 0.808. The molecule has 1 aromatic rings. The van der Waals surface area contributed by atoms with Crippen LogP contribution >= 0.6 is 15.9 Å². The van der Waals surface area contributed by atoms with Crippen LogP contribution in [0.15, 0.2) is 23.2 Å². The molecule has 0 fully saturated rings. The van der Waals surface area contributed by atoms with Crippen LogP contribution in [-0.2, 0) is 0 Å². The summed E-state index contributed by atoms with van der Waals surface area (Å²) in [6.45, 7) is 0.811. The molecule has 16 heavy (non-hydrogen) atoms. The third kappa shape index (κ3) is 3.85. The molecular weight excluding hydrogens is 270 g/mol. The first kappa shape index (κ1) is 13.0. The Bertz CT molecular complexity index is 353. The Balaban J connectivity index is 2.78. The molecule has 0 aliphatic heterocycles. The summed E-state index contributed by atoms with van der Waals surface area (Å²) in [6, 6.07) is 5.66. The Morgan fingerprint density at radius 1 is 1.31 bits per heavy atom. The van der Waals surface area contributed by atoms with Gasteiger partial charge >= 0.3 is 0 Å². The SMILES string of the molecule is COc1ccc(OC)c(C=NCCCBr)c1. The number of alkyl halides is 1. The van der Waals surface area contributed by atoms with Crippen molar-refractivity contribution in [2.24, 2.45) is 4.99 Å². The van der Waals surface area contributed by atoms with Gasteiger partial charge in [0.1, 0.15) is 11.5 Å². The molecule has 88 valence electrons. The predicted octanol–water partition coefficient (Wildman–Crippen LogP) is 2.91. The molecule has 0 spiro atoms. The van der Waals surface area contributed by atoms with Crippen LogP contribution in [0.4, 0.5) is 0 Å². The van der Waals surface area contributed by atoms with Crippen LogP contribution in [0.2, 0.25) is 0 Å². The standard InChI is InChI=1S/C12H16BrNO2/c1-15-11-4-5-12(16-2)10(8-11)9-14-7-3-6-13/h4-5,8-9H,3,6-7H2,1-2H3. The van der Waals surface area contributed by atoms with Crippen molar-refractivity contribution in [2.75, 3.05) is 26.1 Å². The lowest BCUT2D eigenvalue weighted by molar-refractivity contribution is 0.402. The second kappa shape index (κ2) is 7.28. The van der Waals surface area contributed by atoms with Gasteiger partial charge in [0.2, 0.25) is 0 Å². The molecule has 1 rings (SSSR count). The highest BCUT2D eigenvalue weighted by molar-refractivity contribution is 9.09. The quantitative estimate of drug-likeness (QED) is 0.457. The van der Waals surface area contributed by atoms with Crippen LogP contribution in [0.25, 0.3) is 0 Å². The number of benzene rings is 1. The minimum Gasteiger partial charge on any atom is -0.497 e. The van der Waals surface area contributed by atoms with E-state index in [4.69, 9.17) is 9.47 Å². The summed E-state index contributed by atoms with van der Waals surface area (Å²) in [4.78, 5) is 4.32. The fourth-order valence-corrected chi connectivity index (χ4v) is 1.51. The number of ether oxygens (including phenoxy) is 2. The van der Waals surface area contributed by atoms with Crippen LogP contribution in [0.3, 0.4) is 0 Å². The normalized spacial score (nSPS) is 10.7. The molecule has 0 aliphatic carbocycles. The number of aliphatic imine (C=N–C) groups is 1. The Morgan fingerprint density at radius 2 is 2.12 bits per heavy atom. The third-order valence-corrected chi connectivity index (χ3v) is 2.65. The molecule has 4 heteroatoms. The van der Waals surface area contributed by atoms with Gasteiger partial charge in [-0.15, -0.1) is 0 Å². The van der Waals surface area contributed by atoms with Crippen molar-refractivity contribution >= 4 is 22.1 Å². The average molecular weight is 286 g/mol. The van der Waals surface area contributed by atoms with Crippen LogP contribution < -0.4 is 9.47 Å². The molecule has 1 aromatic carbocycles. The largest absolute Gasteiger partial charge is 0.497 e. The fraction of sp³-hybridized carbons (Fsp3) is 0.417. The summed E-state index contributed by atoms with van der Waals surface area (Å²) in [5.74, 6) is 1.62. The average Bonchev–Trinajstić information content (AvgIpc) is 2.34. The van der Waals surface area contributed by atoms with Crippen LogP contribution in [0.5, 0.6) is 11.5 Å². The lowest BCUT2D eigenvalue weighted by Gasteiger charge is -2.06. The Morgan fingerprint density at radius 3 is 2.75 bits per heavy atom. The maximum Gasteiger partial charge on any atom is 0.127 e. The monoisotopic (exact) mass is 285 g/mol. The number of halogens is 1. The van der Waals surface area contributed by atoms with E-state index in [0.29, 0.717) is 0 Å². The Hall–Kier alpha value is -1.03. The zero-order valence-corrected chi connectivity index (χ0v) is 11.2. The number of hydrogen-bond donors (Lipinski definition) is 0. The molecule has 0 saturated carbocycles. The summed E-state index contributed by atoms with van der Waals surface area (Å²) in [5, 5.41) is 0.972. The van der Waals surface area contributed by atoms with E-state index in [2.05, 4.69) is 20.9 Å². The fourth-order valence-electron chi connectivity index (χ4n) is 1.25. The minimum atomic E-state index is 0.808. The first-order valence-electron chi connectivity index (χ1n) is 5.09. The molecule has 0 amide bonds. The van der Waals surface area contributed by atoms with E-state index < -0.39 is 0 Å². The maximum absolute atomic E-state index is 5.25. The number of nitrogens with zero attached hydrogens (tertiary/aromatic N) is 1. The molecular formula is C12H16BrNO2. The summed E-state index contributed by atoms with van der Waals surface area (Å²) < 4.78 is 10.4. The molecule has 0 aromatic heterocycles. The molecule has 0 N–H and O–H groups in total. The second-order valence-electron chi connectivity index (χ2n) is 3.19. The molecule has 0 heterocycles. The van der Waals surface area contributed by atoms with Gasteiger partial charge in [0.25, 0.3) is 0 Å². The molecule has 0 saturated heterocycles. The first-order chi connectivity index (χ1) is 7.81. The van der Waals surface area contributed by atoms with Crippen LogP contribution in [0.1, 0.15) is 12.0 Å². The zero-order chi connectivity index (χ0) is 11.8. The van der Waals surface area contributed by atoms with Gasteiger partial charge in [-0.1, -0.05) is 15.9 Å². The van der Waals surface area contributed by atoms with Gasteiger partial charge < -0.3 is 9.47 Å². The van der Waals surface area contributed by atoms with E-state index in [1.165, 1.54) is 0 Å². The maximum atomic E-state index is 5.25. The lowest BCUT2D eigenvalue weighted by atomic mass is 10.2. The number of methoxy groups -OCH3 is 2. The van der Waals surface area contributed by atoms with Crippen molar-refractivity contribution < 1.29 is 9.47 Å². The molecule has 0 bridgehead atoms. The molecule has 3 nitrogen and oxygen atoms in total. The van der Waals surface area contributed by atoms with Gasteiger partial charge in [-0.25, -0.2) is 0 Å². The van der Waals surface area contributed by atoms with E-state index in [0.717, 1.165) is 35.4 Å². The van der Waals surface area contributed by atoms with Crippen LogP contribution in [0, 0.1) is 0 Å². The van der Waals surface area contributed by atoms with Gasteiger partial charge in [-0.2, -0.15) is 0 Å². The van der Waals surface area contributed by atoms with Gasteiger partial charge in [0.15, 0.2) is 0 Å². The lowest BCUT2D eigenvalue weighted by Crippen LogP contribution is -1.93. The van der Waals surface area contributed by atoms with Gasteiger partial charge in [-0.3, -0.25) is 4.99 Å². The molecule has 0 radical (unpaired) electrons. The third-order valence-electron chi connectivity index (χ3n) is 2.09. The number of hydrogen-bond acceptors (Lipinski definition) is 3. The van der Waals surface area contributed by atoms with Gasteiger partial charge in [-0.05, 0) is 24.6 Å². The molecule has 0 unspecified atom stereocenters. The Kier molecular flexibility index (Phi) is 5.93. The predicted molar refractivity (Wildman–Crippen MR) is 70.4 cm³/mol. The molecule has 0 aliphatic rings. The van der Waals surface area contributed by atoms with E-state index in [1.54, 1.807) is 14.2 Å². The van der Waals surface area contributed by atoms with Crippen molar-refractivity contribution in [3.05, 3.63) is 23.8 Å². The Labute approximate surface area is 105 Å². The van der Waals surface area contributed by atoms with E-state index >= 15 is 0 Å². The topological polar surface area (TPSA) is 30.8 Å². The summed E-state index contributed by atoms with van der Waals surface area (Å²) in [7, 11) is 3.30. The van der Waals surface area contributed by atoms with Crippen molar-refractivity contribution in [3.63, 3.8) is 0 Å². The van der Waals surface area contributed by atoms with Crippen molar-refractivity contribution in [1.29, 1.82) is 0 Å². The van der Waals surface area contributed by atoms with Crippen molar-refractivity contribution in [1.82, 2.24) is 0 Å². The van der Waals surface area contributed by atoms with E-state index in [1.807, 2.05) is 24.4 Å². The zero-order valence-electron chi connectivity index (χ0n) is 9.57. The highest BCUT2D eigenvalue weighted by Crippen LogP contribution is 2.22. The van der Waals surface area contributed by atoms with Crippen molar-refractivity contribution in [3.8, 4) is 11.5 Å². The highest BCUT2D eigenvalue weighted by Gasteiger charge is 2.01. The summed E-state index contributed by atoms with van der Waals surface area (Å²) in [6.07, 6.45) is 2.85. The van der Waals surface area contributed by atoms with Gasteiger partial charge in [0.05, 0.1) is 14.2 Å². The molecule has 0 atom stereocenters. The van der Waals surface area contributed by atoms with E-state index in [-0.39, 0.29) is 0 Å². The van der Waals surface area contributed by atoms with Crippen molar-refractivity contribution in [2.45, 2.75) is 6.42 Å². The smallest absolute Gasteiger partial charge is 0.127 e. The van der Waals surface area contributed by atoms with Gasteiger partial charge in [0, 0.05) is 23.7 Å². The number of rotatable bonds is 6. The summed E-state index contributed by atoms with van der Waals surface area (Å²) >= 11 is 3.37. The summed E-state index contributed by atoms with van der Waals surface area (Å²) in [5.41, 5.74) is 0.941. The second-order valence-corrected chi connectivity index (χ2v) is 3.98. The van der Waals surface area contributed by atoms with E-state index in [9.17, 15) is 0 Å². The first-order valence-corrected chi connectivity index (χ1v) is 6.21. The highest BCUT2D eigenvalue weighted by atomic mass is 79.9. The van der Waals surface area contributed by atoms with Crippen LogP contribution in [-0.4, -0.2) is 32.3 Å².